The van der Waals surface area contributed by atoms with Gasteiger partial charge < -0.3 is 14.1 Å². The Morgan fingerprint density at radius 2 is 1.96 bits per heavy atom. The van der Waals surface area contributed by atoms with Crippen LogP contribution in [0.3, 0.4) is 0 Å². The molecule has 3 rings (SSSR count). The molecule has 1 amide bonds. The Morgan fingerprint density at radius 3 is 2.61 bits per heavy atom. The summed E-state index contributed by atoms with van der Waals surface area (Å²) in [6.45, 7) is 8.86. The predicted molar refractivity (Wildman–Crippen MR) is 109 cm³/mol. The number of methoxy groups -OCH3 is 1. The molecular formula is C22H30N3O3+. The molecule has 1 aliphatic heterocycles. The first-order valence-electron chi connectivity index (χ1n) is 9.90. The van der Waals surface area contributed by atoms with Crippen LogP contribution in [0.15, 0.2) is 33.8 Å². The Labute approximate surface area is 166 Å². The minimum absolute atomic E-state index is 0.264. The minimum atomic E-state index is -0.264. The number of benzene rings is 1. The Balaban J connectivity index is 1.74. The quantitative estimate of drug-likeness (QED) is 0.594. The van der Waals surface area contributed by atoms with Crippen LogP contribution in [-0.4, -0.2) is 31.8 Å². The number of nitrogens with one attached hydrogen (secondary N) is 2. The number of carbonyl (C=O) groups excluding carboxylic acids is 1. The summed E-state index contributed by atoms with van der Waals surface area (Å²) in [6, 6.07) is 7.81. The highest BCUT2D eigenvalue weighted by atomic mass is 16.5. The van der Waals surface area contributed by atoms with Gasteiger partial charge in [-0.15, -0.1) is 0 Å². The molecule has 0 spiro atoms. The van der Waals surface area contributed by atoms with Gasteiger partial charge in [0.25, 0.3) is 5.91 Å². The summed E-state index contributed by atoms with van der Waals surface area (Å²) in [7, 11) is 1.71. The molecule has 0 unspecified atom stereocenters. The van der Waals surface area contributed by atoms with E-state index in [1.165, 1.54) is 37.9 Å². The van der Waals surface area contributed by atoms with Gasteiger partial charge in [0, 0.05) is 5.56 Å². The highest BCUT2D eigenvalue weighted by Crippen LogP contribution is 2.20. The number of hydrogen-bond acceptors (Lipinski definition) is 4. The van der Waals surface area contributed by atoms with Gasteiger partial charge in [-0.05, 0) is 69.9 Å². The molecule has 2 heterocycles. The van der Waals surface area contributed by atoms with Crippen LogP contribution in [0.4, 0.5) is 0 Å². The summed E-state index contributed by atoms with van der Waals surface area (Å²) in [5.74, 6) is 1.95. The molecule has 0 bridgehead atoms. The fourth-order valence-electron chi connectivity index (χ4n) is 3.76. The zero-order valence-corrected chi connectivity index (χ0v) is 17.2. The lowest BCUT2D eigenvalue weighted by Crippen LogP contribution is -3.11. The zero-order valence-electron chi connectivity index (χ0n) is 17.2. The van der Waals surface area contributed by atoms with E-state index < -0.39 is 0 Å². The van der Waals surface area contributed by atoms with E-state index in [4.69, 9.17) is 9.15 Å². The van der Waals surface area contributed by atoms with E-state index in [-0.39, 0.29) is 5.91 Å². The molecule has 0 saturated carbocycles. The molecule has 1 saturated heterocycles. The summed E-state index contributed by atoms with van der Waals surface area (Å²) >= 11 is 0. The largest absolute Gasteiger partial charge is 0.496 e. The summed E-state index contributed by atoms with van der Waals surface area (Å²) in [6.07, 6.45) is 3.91. The summed E-state index contributed by atoms with van der Waals surface area (Å²) in [4.78, 5) is 13.9. The Bertz CT molecular complexity index is 864. The third-order valence-corrected chi connectivity index (χ3v) is 5.31. The standard InChI is InChI=1S/C22H29N3O3/c1-15-12-20(17(3)28-15)22(26)24-23-16(2)18-8-9-21(27-4)19(13-18)14-25-10-6-5-7-11-25/h8-9,12-13H,5-7,10-11,14H2,1-4H3,(H,24,26)/p+1/b23-16-. The number of piperidine rings is 1. The summed E-state index contributed by atoms with van der Waals surface area (Å²) < 4.78 is 11.0. The van der Waals surface area contributed by atoms with E-state index in [2.05, 4.69) is 16.6 Å². The molecule has 0 radical (unpaired) electrons. The van der Waals surface area contributed by atoms with Crippen molar-refractivity contribution >= 4 is 11.6 Å². The summed E-state index contributed by atoms with van der Waals surface area (Å²) in [5, 5.41) is 4.29. The first kappa shape index (κ1) is 20.1. The van der Waals surface area contributed by atoms with Gasteiger partial charge in [0.2, 0.25) is 0 Å². The fourth-order valence-corrected chi connectivity index (χ4v) is 3.76. The van der Waals surface area contributed by atoms with Gasteiger partial charge in [0.1, 0.15) is 23.8 Å². The smallest absolute Gasteiger partial charge is 0.274 e. The van der Waals surface area contributed by atoms with Crippen LogP contribution in [0.2, 0.25) is 0 Å². The molecule has 2 N–H and O–H groups in total. The van der Waals surface area contributed by atoms with E-state index in [0.29, 0.717) is 17.1 Å². The van der Waals surface area contributed by atoms with Crippen molar-refractivity contribution in [2.45, 2.75) is 46.6 Å². The number of rotatable bonds is 6. The fraction of sp³-hybridized carbons (Fsp3) is 0.455. The van der Waals surface area contributed by atoms with Crippen molar-refractivity contribution in [3.8, 4) is 5.75 Å². The molecule has 1 aromatic heterocycles. The first-order valence-corrected chi connectivity index (χ1v) is 9.90. The van der Waals surface area contributed by atoms with Gasteiger partial charge in [-0.25, -0.2) is 5.43 Å². The maximum atomic E-state index is 12.3. The van der Waals surface area contributed by atoms with E-state index in [1.54, 1.807) is 25.0 Å². The third-order valence-electron chi connectivity index (χ3n) is 5.31. The molecule has 1 aliphatic rings. The number of amides is 1. The maximum Gasteiger partial charge on any atom is 0.274 e. The Morgan fingerprint density at radius 1 is 1.21 bits per heavy atom. The molecular weight excluding hydrogens is 354 g/mol. The number of carbonyl (C=O) groups is 1. The number of hydrogen-bond donors (Lipinski definition) is 2. The highest BCUT2D eigenvalue weighted by Gasteiger charge is 2.17. The van der Waals surface area contributed by atoms with Crippen molar-refractivity contribution in [3.63, 3.8) is 0 Å². The lowest BCUT2D eigenvalue weighted by molar-refractivity contribution is -0.918. The normalized spacial score (nSPS) is 15.5. The van der Waals surface area contributed by atoms with Crippen molar-refractivity contribution in [1.82, 2.24) is 5.43 Å². The minimum Gasteiger partial charge on any atom is -0.496 e. The molecule has 150 valence electrons. The molecule has 1 aromatic carbocycles. The second-order valence-corrected chi connectivity index (χ2v) is 7.48. The lowest BCUT2D eigenvalue weighted by Gasteiger charge is -2.24. The van der Waals surface area contributed by atoms with Crippen molar-refractivity contribution in [3.05, 3.63) is 52.5 Å². The van der Waals surface area contributed by atoms with E-state index in [1.807, 2.05) is 26.0 Å². The van der Waals surface area contributed by atoms with Gasteiger partial charge in [0.05, 0.1) is 31.5 Å². The van der Waals surface area contributed by atoms with Crippen LogP contribution < -0.4 is 15.1 Å². The van der Waals surface area contributed by atoms with Gasteiger partial charge in [0.15, 0.2) is 0 Å². The van der Waals surface area contributed by atoms with Gasteiger partial charge in [-0.2, -0.15) is 5.10 Å². The number of furan rings is 1. The molecule has 6 nitrogen and oxygen atoms in total. The number of nitrogens with zero attached hydrogens (tertiary/aromatic N) is 1. The second-order valence-electron chi connectivity index (χ2n) is 7.48. The average molecular weight is 385 g/mol. The van der Waals surface area contributed by atoms with Crippen molar-refractivity contribution < 1.29 is 18.8 Å². The number of likely N-dealkylation sites (tertiary alicyclic amines) is 1. The molecule has 28 heavy (non-hydrogen) atoms. The molecule has 6 heteroatoms. The lowest BCUT2D eigenvalue weighted by atomic mass is 10.0. The molecule has 0 aliphatic carbocycles. The monoisotopic (exact) mass is 384 g/mol. The number of quaternary nitrogens is 1. The third kappa shape index (κ3) is 4.81. The summed E-state index contributed by atoms with van der Waals surface area (Å²) in [5.41, 5.74) is 6.06. The van der Waals surface area contributed by atoms with Crippen LogP contribution in [0.5, 0.6) is 5.75 Å². The Kier molecular flexibility index (Phi) is 6.52. The SMILES string of the molecule is COc1ccc(/C(C)=N\NC(=O)c2cc(C)oc2C)cc1C[NH+]1CCCCC1. The van der Waals surface area contributed by atoms with Crippen molar-refractivity contribution in [2.75, 3.05) is 20.2 Å². The van der Waals surface area contributed by atoms with Gasteiger partial charge >= 0.3 is 0 Å². The van der Waals surface area contributed by atoms with E-state index in [9.17, 15) is 4.79 Å². The van der Waals surface area contributed by atoms with Crippen molar-refractivity contribution in [1.29, 1.82) is 0 Å². The van der Waals surface area contributed by atoms with Gasteiger partial charge in [-0.3, -0.25) is 4.79 Å². The molecule has 2 aromatic rings. The first-order chi connectivity index (χ1) is 13.5. The topological polar surface area (TPSA) is 68.3 Å². The highest BCUT2D eigenvalue weighted by molar-refractivity contribution is 6.01. The average Bonchev–Trinajstić information content (AvgIpc) is 3.04. The number of ether oxygens (including phenoxy) is 1. The van der Waals surface area contributed by atoms with Crippen LogP contribution >= 0.6 is 0 Å². The van der Waals surface area contributed by atoms with Crippen LogP contribution in [0, 0.1) is 13.8 Å². The van der Waals surface area contributed by atoms with E-state index >= 15 is 0 Å². The number of aryl methyl sites for hydroxylation is 2. The molecule has 1 fully saturated rings. The second kappa shape index (κ2) is 9.06. The van der Waals surface area contributed by atoms with Crippen LogP contribution in [0.1, 0.15) is 59.2 Å². The maximum absolute atomic E-state index is 12.3. The zero-order chi connectivity index (χ0) is 20.1. The van der Waals surface area contributed by atoms with Crippen LogP contribution in [0.25, 0.3) is 0 Å². The Hall–Kier alpha value is -2.60. The predicted octanol–water partition coefficient (Wildman–Crippen LogP) is 2.63. The number of hydrazone groups is 1. The van der Waals surface area contributed by atoms with Gasteiger partial charge in [-0.1, -0.05) is 0 Å². The molecule has 0 atom stereocenters. The van der Waals surface area contributed by atoms with Crippen molar-refractivity contribution in [2.24, 2.45) is 5.10 Å². The van der Waals surface area contributed by atoms with Crippen LogP contribution in [-0.2, 0) is 6.54 Å². The van der Waals surface area contributed by atoms with E-state index in [0.717, 1.165) is 23.6 Å².